The van der Waals surface area contributed by atoms with Gasteiger partial charge in [-0.1, -0.05) is 53.4 Å². The Hall–Kier alpha value is -0.120. The number of nitrogens with two attached hydrogens (primary N) is 1. The average Bonchev–Trinajstić information content (AvgIpc) is 2.25. The van der Waals surface area contributed by atoms with E-state index < -0.39 is 0 Å². The molecule has 0 spiro atoms. The van der Waals surface area contributed by atoms with Gasteiger partial charge in [0.25, 0.3) is 0 Å². The number of hydrogen-bond acceptors (Lipinski definition) is 3. The lowest BCUT2D eigenvalue weighted by atomic mass is 10.0. The number of rotatable bonds is 5. The fourth-order valence-electron chi connectivity index (χ4n) is 1.07. The van der Waals surface area contributed by atoms with Gasteiger partial charge in [-0.15, -0.1) is 0 Å². The summed E-state index contributed by atoms with van der Waals surface area (Å²) in [5, 5.41) is 12.0. The molecule has 0 aliphatic heterocycles. The molecule has 0 aromatic heterocycles. The Balaban J connectivity index is -0.000000152. The van der Waals surface area contributed by atoms with Gasteiger partial charge in [0.2, 0.25) is 0 Å². The van der Waals surface area contributed by atoms with Gasteiger partial charge in [-0.25, -0.2) is 0 Å². The minimum absolute atomic E-state index is 0.844. The molecule has 0 saturated carbocycles. The first kappa shape index (κ1) is 19.5. The van der Waals surface area contributed by atoms with Crippen molar-refractivity contribution in [2.45, 2.75) is 59.8 Å². The van der Waals surface area contributed by atoms with Crippen molar-refractivity contribution in [3.8, 4) is 0 Å². The highest BCUT2D eigenvalue weighted by atomic mass is 17.0. The van der Waals surface area contributed by atoms with Gasteiger partial charge in [0.05, 0.1) is 0 Å². The standard InChI is InChI=1S/C7H16.C4H11N.H2O2/c1-4-7(5-2)6-3;1-2-3-4-5;1-2/h7H,4-6H2,1-3H3;2-5H2,1H3;1-2H. The molecule has 0 saturated heterocycles. The van der Waals surface area contributed by atoms with Crippen LogP contribution in [0, 0.1) is 5.92 Å². The van der Waals surface area contributed by atoms with Crippen molar-refractivity contribution in [1.82, 2.24) is 0 Å². The lowest BCUT2D eigenvalue weighted by molar-refractivity contribution is -0.176. The van der Waals surface area contributed by atoms with E-state index in [0.717, 1.165) is 12.5 Å². The van der Waals surface area contributed by atoms with Crippen molar-refractivity contribution in [3.05, 3.63) is 0 Å². The van der Waals surface area contributed by atoms with E-state index in [1.165, 1.54) is 32.1 Å². The lowest BCUT2D eigenvalue weighted by Crippen LogP contribution is -1.95. The van der Waals surface area contributed by atoms with Gasteiger partial charge < -0.3 is 5.73 Å². The Morgan fingerprint density at radius 1 is 0.929 bits per heavy atom. The Labute approximate surface area is 89.3 Å². The molecule has 0 fully saturated rings. The quantitative estimate of drug-likeness (QED) is 0.476. The Bertz CT molecular complexity index is 58.8. The van der Waals surface area contributed by atoms with Gasteiger partial charge in [0.15, 0.2) is 0 Å². The molecular formula is C11H29NO2. The van der Waals surface area contributed by atoms with Crippen molar-refractivity contribution in [2.24, 2.45) is 11.7 Å². The Kier molecular flexibility index (Phi) is 32.0. The van der Waals surface area contributed by atoms with Crippen LogP contribution in [0.1, 0.15) is 59.8 Å². The molecule has 0 heterocycles. The van der Waals surface area contributed by atoms with E-state index in [9.17, 15) is 0 Å². The molecule has 0 bridgehead atoms. The van der Waals surface area contributed by atoms with Crippen LogP contribution >= 0.6 is 0 Å². The lowest BCUT2D eigenvalue weighted by Gasteiger charge is -2.05. The van der Waals surface area contributed by atoms with E-state index in [1.807, 2.05) is 0 Å². The SMILES string of the molecule is CCC(CC)CC.CCCCN.OO. The normalized spacial score (nSPS) is 8.57. The molecule has 3 heteroatoms. The fourth-order valence-corrected chi connectivity index (χ4v) is 1.07. The smallest absolute Gasteiger partial charge is 0.00774 e. The first-order valence-corrected chi connectivity index (χ1v) is 5.66. The molecule has 0 unspecified atom stereocenters. The summed E-state index contributed by atoms with van der Waals surface area (Å²) in [6.07, 6.45) is 6.45. The predicted octanol–water partition coefficient (Wildman–Crippen LogP) is 3.60. The largest absolute Gasteiger partial charge is 0.330 e. The monoisotopic (exact) mass is 207 g/mol. The van der Waals surface area contributed by atoms with Crippen LogP contribution in [-0.2, 0) is 0 Å². The van der Waals surface area contributed by atoms with E-state index in [4.69, 9.17) is 16.2 Å². The van der Waals surface area contributed by atoms with Crippen LogP contribution in [0.15, 0.2) is 0 Å². The number of hydrogen-bond donors (Lipinski definition) is 3. The number of unbranched alkanes of at least 4 members (excludes halogenated alkanes) is 1. The van der Waals surface area contributed by atoms with Crippen LogP contribution in [0.5, 0.6) is 0 Å². The maximum absolute atomic E-state index is 6.00. The fraction of sp³-hybridized carbons (Fsp3) is 1.00. The van der Waals surface area contributed by atoms with Crippen LogP contribution in [0.25, 0.3) is 0 Å². The topological polar surface area (TPSA) is 66.5 Å². The molecule has 3 nitrogen and oxygen atoms in total. The van der Waals surface area contributed by atoms with E-state index in [-0.39, 0.29) is 0 Å². The molecule has 0 aromatic carbocycles. The van der Waals surface area contributed by atoms with Gasteiger partial charge >= 0.3 is 0 Å². The van der Waals surface area contributed by atoms with E-state index in [1.54, 1.807) is 0 Å². The summed E-state index contributed by atoms with van der Waals surface area (Å²) in [6, 6.07) is 0. The molecule has 0 radical (unpaired) electrons. The molecule has 0 rings (SSSR count). The molecule has 0 atom stereocenters. The van der Waals surface area contributed by atoms with Crippen LogP contribution in [-0.4, -0.2) is 17.1 Å². The van der Waals surface area contributed by atoms with Gasteiger partial charge in [-0.05, 0) is 18.9 Å². The Morgan fingerprint density at radius 3 is 1.29 bits per heavy atom. The highest BCUT2D eigenvalue weighted by Crippen LogP contribution is 2.09. The summed E-state index contributed by atoms with van der Waals surface area (Å²) >= 11 is 0. The summed E-state index contributed by atoms with van der Waals surface area (Å²) in [4.78, 5) is 0. The van der Waals surface area contributed by atoms with Gasteiger partial charge in [0.1, 0.15) is 0 Å². The minimum atomic E-state index is 0.844. The molecule has 14 heavy (non-hydrogen) atoms. The maximum Gasteiger partial charge on any atom is -0.00774 e. The van der Waals surface area contributed by atoms with Crippen LogP contribution in [0.3, 0.4) is 0 Å². The third-order valence-corrected chi connectivity index (χ3v) is 2.29. The van der Waals surface area contributed by atoms with Crippen molar-refractivity contribution in [3.63, 3.8) is 0 Å². The third-order valence-electron chi connectivity index (χ3n) is 2.29. The van der Waals surface area contributed by atoms with E-state index in [2.05, 4.69) is 27.7 Å². The first-order chi connectivity index (χ1) is 6.76. The maximum atomic E-state index is 6.00. The zero-order valence-electron chi connectivity index (χ0n) is 10.3. The Morgan fingerprint density at radius 2 is 1.29 bits per heavy atom. The van der Waals surface area contributed by atoms with Crippen molar-refractivity contribution in [2.75, 3.05) is 6.54 Å². The van der Waals surface area contributed by atoms with Crippen LogP contribution in [0.2, 0.25) is 0 Å². The van der Waals surface area contributed by atoms with Gasteiger partial charge in [0, 0.05) is 0 Å². The third kappa shape index (κ3) is 22.6. The van der Waals surface area contributed by atoms with Crippen LogP contribution in [0.4, 0.5) is 0 Å². The zero-order valence-corrected chi connectivity index (χ0v) is 10.3. The molecule has 0 aromatic rings. The van der Waals surface area contributed by atoms with Gasteiger partial charge in [-0.3, -0.25) is 10.5 Å². The van der Waals surface area contributed by atoms with E-state index >= 15 is 0 Å². The van der Waals surface area contributed by atoms with Crippen LogP contribution < -0.4 is 5.73 Å². The summed E-state index contributed by atoms with van der Waals surface area (Å²) in [5.41, 5.74) is 5.14. The summed E-state index contributed by atoms with van der Waals surface area (Å²) < 4.78 is 0. The second kappa shape index (κ2) is 23.1. The highest BCUT2D eigenvalue weighted by molar-refractivity contribution is 4.48. The predicted molar refractivity (Wildman–Crippen MR) is 63.6 cm³/mol. The molecule has 90 valence electrons. The van der Waals surface area contributed by atoms with Crippen molar-refractivity contribution >= 4 is 0 Å². The first-order valence-electron chi connectivity index (χ1n) is 5.66. The molecule has 4 N–H and O–H groups in total. The molecule has 0 aliphatic rings. The molecular weight excluding hydrogens is 178 g/mol. The summed E-state index contributed by atoms with van der Waals surface area (Å²) in [5.74, 6) is 0.986. The summed E-state index contributed by atoms with van der Waals surface area (Å²) in [7, 11) is 0. The van der Waals surface area contributed by atoms with Crippen molar-refractivity contribution in [1.29, 1.82) is 0 Å². The van der Waals surface area contributed by atoms with Gasteiger partial charge in [-0.2, -0.15) is 0 Å². The molecule has 0 amide bonds. The molecule has 0 aliphatic carbocycles. The average molecular weight is 207 g/mol. The van der Waals surface area contributed by atoms with E-state index in [0.29, 0.717) is 0 Å². The second-order valence-electron chi connectivity index (χ2n) is 3.23. The highest BCUT2D eigenvalue weighted by Gasteiger charge is 1.95. The van der Waals surface area contributed by atoms with Crippen molar-refractivity contribution < 1.29 is 10.5 Å². The zero-order chi connectivity index (χ0) is 11.8. The second-order valence-corrected chi connectivity index (χ2v) is 3.23. The minimum Gasteiger partial charge on any atom is -0.330 e. The summed E-state index contributed by atoms with van der Waals surface area (Å²) in [6.45, 7) is 9.76.